The smallest absolute Gasteiger partial charge is 0.0957 e. The van der Waals surface area contributed by atoms with E-state index in [1.165, 1.54) is 4.88 Å². The van der Waals surface area contributed by atoms with Gasteiger partial charge >= 0.3 is 0 Å². The molecule has 3 nitrogen and oxygen atoms in total. The van der Waals surface area contributed by atoms with Gasteiger partial charge in [0.05, 0.1) is 19.0 Å². The molecule has 0 saturated heterocycles. The van der Waals surface area contributed by atoms with Gasteiger partial charge < -0.3 is 10.5 Å². The Labute approximate surface area is 82.0 Å². The van der Waals surface area contributed by atoms with Crippen molar-refractivity contribution in [2.24, 2.45) is 11.7 Å². The lowest BCUT2D eigenvalue weighted by atomic mass is 10.2. The fourth-order valence-corrected chi connectivity index (χ4v) is 1.46. The van der Waals surface area contributed by atoms with Gasteiger partial charge in [-0.2, -0.15) is 0 Å². The van der Waals surface area contributed by atoms with Crippen molar-refractivity contribution in [1.82, 2.24) is 0 Å². The first-order valence-electron chi connectivity index (χ1n) is 4.14. The van der Waals surface area contributed by atoms with Gasteiger partial charge in [0, 0.05) is 10.8 Å². The molecular weight excluding hydrogens is 184 g/mol. The van der Waals surface area contributed by atoms with E-state index in [2.05, 4.69) is 0 Å². The zero-order valence-corrected chi connectivity index (χ0v) is 8.43. The topological polar surface area (TPSA) is 59.1 Å². The van der Waals surface area contributed by atoms with Crippen molar-refractivity contribution in [2.45, 2.75) is 13.5 Å². The van der Waals surface area contributed by atoms with Gasteiger partial charge in [-0.3, -0.25) is 5.41 Å². The molecule has 1 aromatic rings. The molecule has 0 aliphatic carbocycles. The van der Waals surface area contributed by atoms with Crippen molar-refractivity contribution in [3.8, 4) is 0 Å². The molecule has 0 fully saturated rings. The van der Waals surface area contributed by atoms with E-state index in [9.17, 15) is 0 Å². The third-order valence-electron chi connectivity index (χ3n) is 1.72. The zero-order chi connectivity index (χ0) is 9.68. The van der Waals surface area contributed by atoms with Gasteiger partial charge in [0.2, 0.25) is 0 Å². The quantitative estimate of drug-likeness (QED) is 0.560. The van der Waals surface area contributed by atoms with Crippen LogP contribution in [0.25, 0.3) is 0 Å². The molecule has 4 heteroatoms. The summed E-state index contributed by atoms with van der Waals surface area (Å²) in [5, 5.41) is 9.17. The van der Waals surface area contributed by atoms with E-state index in [1.54, 1.807) is 11.3 Å². The van der Waals surface area contributed by atoms with Crippen LogP contribution < -0.4 is 5.73 Å². The van der Waals surface area contributed by atoms with Crippen LogP contribution in [0.1, 0.15) is 11.8 Å². The average molecular weight is 198 g/mol. The number of nitrogens with two attached hydrogens (primary N) is 1. The summed E-state index contributed by atoms with van der Waals surface area (Å²) >= 11 is 1.67. The lowest BCUT2D eigenvalue weighted by Gasteiger charge is -2.08. The lowest BCUT2D eigenvalue weighted by Crippen LogP contribution is -2.23. The highest BCUT2D eigenvalue weighted by Gasteiger charge is 2.04. The maximum atomic E-state index is 7.15. The van der Waals surface area contributed by atoms with Crippen LogP contribution in [0, 0.1) is 11.3 Å². The minimum atomic E-state index is 0.0139. The molecule has 0 aliphatic heterocycles. The highest BCUT2D eigenvalue weighted by atomic mass is 32.1. The van der Waals surface area contributed by atoms with Gasteiger partial charge in [0.25, 0.3) is 0 Å². The number of hydrogen-bond donors (Lipinski definition) is 2. The number of ether oxygens (including phenoxy) is 1. The van der Waals surface area contributed by atoms with Crippen molar-refractivity contribution in [3.63, 3.8) is 0 Å². The molecule has 1 rings (SSSR count). The third-order valence-corrected chi connectivity index (χ3v) is 2.57. The summed E-state index contributed by atoms with van der Waals surface area (Å²) in [6.07, 6.45) is 0. The largest absolute Gasteiger partial charge is 0.387 e. The van der Waals surface area contributed by atoms with Crippen molar-refractivity contribution >= 4 is 17.2 Å². The zero-order valence-electron chi connectivity index (χ0n) is 7.62. The van der Waals surface area contributed by atoms with Crippen LogP contribution >= 0.6 is 11.3 Å². The predicted molar refractivity (Wildman–Crippen MR) is 55.1 cm³/mol. The second-order valence-corrected chi connectivity index (χ2v) is 3.98. The van der Waals surface area contributed by atoms with Crippen molar-refractivity contribution in [2.75, 3.05) is 6.61 Å². The molecule has 0 bridgehead atoms. The molecular formula is C9H14N2OS. The molecule has 0 aromatic carbocycles. The highest BCUT2D eigenvalue weighted by Crippen LogP contribution is 2.10. The average Bonchev–Trinajstić information content (AvgIpc) is 2.56. The van der Waals surface area contributed by atoms with Gasteiger partial charge in [0.15, 0.2) is 0 Å². The van der Waals surface area contributed by atoms with Gasteiger partial charge in [0.1, 0.15) is 0 Å². The summed E-state index contributed by atoms with van der Waals surface area (Å²) in [5.74, 6) is 0.200. The first-order chi connectivity index (χ1) is 6.20. The maximum absolute atomic E-state index is 7.15. The first-order valence-corrected chi connectivity index (χ1v) is 5.02. The molecule has 72 valence electrons. The Morgan fingerprint density at radius 2 is 2.54 bits per heavy atom. The number of hydrogen-bond acceptors (Lipinski definition) is 3. The molecule has 1 atom stereocenters. The number of nitrogens with one attached hydrogen (secondary N) is 1. The lowest BCUT2D eigenvalue weighted by molar-refractivity contribution is 0.109. The van der Waals surface area contributed by atoms with E-state index in [0.717, 1.165) is 0 Å². The molecule has 0 radical (unpaired) electrons. The first kappa shape index (κ1) is 10.2. The highest BCUT2D eigenvalue weighted by molar-refractivity contribution is 7.09. The molecule has 0 saturated carbocycles. The second-order valence-electron chi connectivity index (χ2n) is 2.95. The summed E-state index contributed by atoms with van der Waals surface area (Å²) in [4.78, 5) is 1.20. The summed E-state index contributed by atoms with van der Waals surface area (Å²) in [6, 6.07) is 4.03. The van der Waals surface area contributed by atoms with E-state index >= 15 is 0 Å². The molecule has 1 aromatic heterocycles. The molecule has 1 unspecified atom stereocenters. The molecule has 13 heavy (non-hydrogen) atoms. The summed E-state index contributed by atoms with van der Waals surface area (Å²) in [5.41, 5.74) is 5.30. The maximum Gasteiger partial charge on any atom is 0.0957 e. The van der Waals surface area contributed by atoms with Gasteiger partial charge in [-0.05, 0) is 11.4 Å². The molecule has 3 N–H and O–H groups in total. The molecule has 0 amide bonds. The SMILES string of the molecule is CC(COCc1cccs1)C(=N)N. The van der Waals surface area contributed by atoms with Crippen LogP contribution in [0.5, 0.6) is 0 Å². The normalized spacial score (nSPS) is 12.7. The monoisotopic (exact) mass is 198 g/mol. The Hall–Kier alpha value is -0.870. The number of thiophene rings is 1. The van der Waals surface area contributed by atoms with Crippen LogP contribution in [-0.4, -0.2) is 12.4 Å². The number of rotatable bonds is 5. The van der Waals surface area contributed by atoms with E-state index < -0.39 is 0 Å². The number of amidine groups is 1. The Morgan fingerprint density at radius 1 is 1.77 bits per heavy atom. The van der Waals surface area contributed by atoms with Crippen LogP contribution in [0.2, 0.25) is 0 Å². The van der Waals surface area contributed by atoms with Crippen molar-refractivity contribution < 1.29 is 4.74 Å². The minimum absolute atomic E-state index is 0.0139. The fourth-order valence-electron chi connectivity index (χ4n) is 0.821. The Bertz CT molecular complexity index is 259. The minimum Gasteiger partial charge on any atom is -0.387 e. The van der Waals surface area contributed by atoms with E-state index in [-0.39, 0.29) is 11.8 Å². The summed E-state index contributed by atoms with van der Waals surface area (Å²) < 4.78 is 5.39. The Kier molecular flexibility index (Phi) is 3.92. The Morgan fingerprint density at radius 3 is 3.08 bits per heavy atom. The van der Waals surface area contributed by atoms with Crippen LogP contribution in [0.3, 0.4) is 0 Å². The van der Waals surface area contributed by atoms with Gasteiger partial charge in [-0.1, -0.05) is 13.0 Å². The van der Waals surface area contributed by atoms with Crippen LogP contribution in [0.15, 0.2) is 17.5 Å². The van der Waals surface area contributed by atoms with Crippen LogP contribution in [-0.2, 0) is 11.3 Å². The molecule has 0 aliphatic rings. The van der Waals surface area contributed by atoms with E-state index in [0.29, 0.717) is 13.2 Å². The van der Waals surface area contributed by atoms with Crippen molar-refractivity contribution in [1.29, 1.82) is 5.41 Å². The van der Waals surface area contributed by atoms with E-state index in [1.807, 2.05) is 24.4 Å². The Balaban J connectivity index is 2.18. The second kappa shape index (κ2) is 4.99. The van der Waals surface area contributed by atoms with E-state index in [4.69, 9.17) is 15.9 Å². The third kappa shape index (κ3) is 3.57. The van der Waals surface area contributed by atoms with Crippen LogP contribution in [0.4, 0.5) is 0 Å². The van der Waals surface area contributed by atoms with Gasteiger partial charge in [-0.25, -0.2) is 0 Å². The van der Waals surface area contributed by atoms with Gasteiger partial charge in [-0.15, -0.1) is 11.3 Å². The molecule has 1 heterocycles. The summed E-state index contributed by atoms with van der Waals surface area (Å²) in [7, 11) is 0. The predicted octanol–water partition coefficient (Wildman–Crippen LogP) is 1.84. The molecule has 0 spiro atoms. The standard InChI is InChI=1S/C9H14N2OS/c1-7(9(10)11)5-12-6-8-3-2-4-13-8/h2-4,7H,5-6H2,1H3,(H3,10,11). The fraction of sp³-hybridized carbons (Fsp3) is 0.444. The summed E-state index contributed by atoms with van der Waals surface area (Å²) in [6.45, 7) is 3.03. The van der Waals surface area contributed by atoms with Crippen molar-refractivity contribution in [3.05, 3.63) is 22.4 Å².